The highest BCUT2D eigenvalue weighted by molar-refractivity contribution is 5.79. The fraction of sp³-hybridized carbons (Fsp3) is 0.300. The highest BCUT2D eigenvalue weighted by Crippen LogP contribution is 2.26. The molecule has 0 bridgehead atoms. The van der Waals surface area contributed by atoms with E-state index in [0.717, 1.165) is 55.0 Å². The summed E-state index contributed by atoms with van der Waals surface area (Å²) in [6.45, 7) is 2.56. The average Bonchev–Trinajstić information content (AvgIpc) is 3.01. The van der Waals surface area contributed by atoms with Crippen LogP contribution in [0.1, 0.15) is 24.0 Å². The number of benzene rings is 2. The zero-order valence-electron chi connectivity index (χ0n) is 14.1. The number of para-hydroxylation sites is 2. The number of nitrogens with zero attached hydrogens (tertiary/aromatic N) is 4. The van der Waals surface area contributed by atoms with Crippen LogP contribution in [-0.4, -0.2) is 28.7 Å². The van der Waals surface area contributed by atoms with Crippen molar-refractivity contribution >= 4 is 17.0 Å². The van der Waals surface area contributed by atoms with Crippen molar-refractivity contribution in [3.63, 3.8) is 0 Å². The SMILES string of the molecule is N#Cc1ccc(Cn2c(N3CCC[C@@H](N)C3)nc3ccccc32)cc1. The Hall–Kier alpha value is -2.84. The maximum absolute atomic E-state index is 8.98. The molecule has 0 amide bonds. The molecular weight excluding hydrogens is 310 g/mol. The number of fused-ring (bicyclic) bond motifs is 1. The molecule has 1 aliphatic heterocycles. The number of hydrogen-bond acceptors (Lipinski definition) is 4. The molecule has 0 saturated carbocycles. The standard InChI is InChI=1S/C20H21N5/c21-12-15-7-9-16(10-8-15)13-25-19-6-2-1-5-18(19)23-20(25)24-11-3-4-17(22)14-24/h1-2,5-10,17H,3-4,11,13-14,22H2/t17-/m1/s1. The Morgan fingerprint density at radius 3 is 2.72 bits per heavy atom. The summed E-state index contributed by atoms with van der Waals surface area (Å²) in [5.74, 6) is 0.987. The van der Waals surface area contributed by atoms with Gasteiger partial charge in [-0.2, -0.15) is 5.26 Å². The van der Waals surface area contributed by atoms with Crippen molar-refractivity contribution in [1.82, 2.24) is 9.55 Å². The monoisotopic (exact) mass is 331 g/mol. The maximum atomic E-state index is 8.98. The van der Waals surface area contributed by atoms with Gasteiger partial charge in [-0.1, -0.05) is 24.3 Å². The minimum atomic E-state index is 0.205. The molecule has 5 nitrogen and oxygen atoms in total. The van der Waals surface area contributed by atoms with E-state index in [9.17, 15) is 0 Å². The largest absolute Gasteiger partial charge is 0.341 e. The van der Waals surface area contributed by atoms with Crippen LogP contribution in [0, 0.1) is 11.3 Å². The van der Waals surface area contributed by atoms with Crippen molar-refractivity contribution in [2.45, 2.75) is 25.4 Å². The van der Waals surface area contributed by atoms with E-state index in [-0.39, 0.29) is 6.04 Å². The molecule has 1 atom stereocenters. The predicted molar refractivity (Wildman–Crippen MR) is 99.4 cm³/mol. The van der Waals surface area contributed by atoms with Crippen LogP contribution in [0.2, 0.25) is 0 Å². The van der Waals surface area contributed by atoms with Crippen molar-refractivity contribution in [2.75, 3.05) is 18.0 Å². The number of nitrogens with two attached hydrogens (primary N) is 1. The van der Waals surface area contributed by atoms with Crippen LogP contribution in [0.3, 0.4) is 0 Å². The molecule has 2 N–H and O–H groups in total. The lowest BCUT2D eigenvalue weighted by Gasteiger charge is -2.32. The van der Waals surface area contributed by atoms with Crippen molar-refractivity contribution in [1.29, 1.82) is 5.26 Å². The Bertz CT molecular complexity index is 919. The van der Waals surface area contributed by atoms with Crippen LogP contribution in [0.15, 0.2) is 48.5 Å². The summed E-state index contributed by atoms with van der Waals surface area (Å²) in [6.07, 6.45) is 2.17. The molecule has 0 spiro atoms. The fourth-order valence-corrected chi connectivity index (χ4v) is 3.52. The molecule has 25 heavy (non-hydrogen) atoms. The quantitative estimate of drug-likeness (QED) is 0.801. The number of imidazole rings is 1. The third-order valence-corrected chi connectivity index (χ3v) is 4.80. The van der Waals surface area contributed by atoms with Crippen molar-refractivity contribution < 1.29 is 0 Å². The molecule has 1 saturated heterocycles. The van der Waals surface area contributed by atoms with Gasteiger partial charge in [0.15, 0.2) is 0 Å². The molecule has 5 heteroatoms. The number of aromatic nitrogens is 2. The van der Waals surface area contributed by atoms with Gasteiger partial charge in [0.05, 0.1) is 29.2 Å². The highest BCUT2D eigenvalue weighted by atomic mass is 15.3. The lowest BCUT2D eigenvalue weighted by molar-refractivity contribution is 0.495. The van der Waals surface area contributed by atoms with E-state index in [1.165, 1.54) is 0 Å². The first-order valence-corrected chi connectivity index (χ1v) is 8.69. The molecule has 2 heterocycles. The van der Waals surface area contributed by atoms with Gasteiger partial charge < -0.3 is 15.2 Å². The van der Waals surface area contributed by atoms with Gasteiger partial charge in [0, 0.05) is 19.1 Å². The van der Waals surface area contributed by atoms with E-state index in [0.29, 0.717) is 5.56 Å². The molecule has 0 radical (unpaired) electrons. The van der Waals surface area contributed by atoms with E-state index < -0.39 is 0 Å². The molecule has 4 rings (SSSR count). The third kappa shape index (κ3) is 3.09. The van der Waals surface area contributed by atoms with Crippen molar-refractivity contribution in [3.05, 3.63) is 59.7 Å². The predicted octanol–water partition coefficient (Wildman–Crippen LogP) is 2.88. The topological polar surface area (TPSA) is 70.9 Å². The zero-order chi connectivity index (χ0) is 17.2. The smallest absolute Gasteiger partial charge is 0.206 e. The lowest BCUT2D eigenvalue weighted by Crippen LogP contribution is -2.44. The van der Waals surface area contributed by atoms with Crippen LogP contribution in [0.4, 0.5) is 5.95 Å². The molecule has 1 aromatic heterocycles. The lowest BCUT2D eigenvalue weighted by atomic mass is 10.1. The van der Waals surface area contributed by atoms with Crippen LogP contribution < -0.4 is 10.6 Å². The van der Waals surface area contributed by atoms with Gasteiger partial charge in [-0.05, 0) is 42.7 Å². The normalized spacial score (nSPS) is 17.6. The van der Waals surface area contributed by atoms with Gasteiger partial charge in [-0.3, -0.25) is 0 Å². The Morgan fingerprint density at radius 2 is 1.96 bits per heavy atom. The number of hydrogen-bond donors (Lipinski definition) is 1. The molecule has 1 aliphatic rings. The molecule has 0 unspecified atom stereocenters. The summed E-state index contributed by atoms with van der Waals surface area (Å²) in [5.41, 5.74) is 10.2. The molecule has 1 fully saturated rings. The van der Waals surface area contributed by atoms with Gasteiger partial charge in [-0.15, -0.1) is 0 Å². The first-order valence-electron chi connectivity index (χ1n) is 8.69. The molecule has 0 aliphatic carbocycles. The van der Waals surface area contributed by atoms with E-state index >= 15 is 0 Å². The van der Waals surface area contributed by atoms with Gasteiger partial charge in [-0.25, -0.2) is 4.98 Å². The minimum absolute atomic E-state index is 0.205. The first kappa shape index (κ1) is 15.7. The van der Waals surface area contributed by atoms with Crippen LogP contribution in [-0.2, 0) is 6.54 Å². The molecule has 3 aromatic rings. The summed E-state index contributed by atoms with van der Waals surface area (Å²) in [7, 11) is 0. The summed E-state index contributed by atoms with van der Waals surface area (Å²) in [6, 6.07) is 18.4. The van der Waals surface area contributed by atoms with Crippen LogP contribution >= 0.6 is 0 Å². The highest BCUT2D eigenvalue weighted by Gasteiger charge is 2.22. The third-order valence-electron chi connectivity index (χ3n) is 4.80. The minimum Gasteiger partial charge on any atom is -0.341 e. The van der Waals surface area contributed by atoms with Crippen molar-refractivity contribution in [3.8, 4) is 6.07 Å². The van der Waals surface area contributed by atoms with E-state index in [4.69, 9.17) is 16.0 Å². The van der Waals surface area contributed by atoms with Gasteiger partial charge in [0.1, 0.15) is 0 Å². The van der Waals surface area contributed by atoms with Gasteiger partial charge >= 0.3 is 0 Å². The summed E-state index contributed by atoms with van der Waals surface area (Å²) in [4.78, 5) is 7.19. The zero-order valence-corrected chi connectivity index (χ0v) is 14.1. The van der Waals surface area contributed by atoms with Crippen LogP contribution in [0.25, 0.3) is 11.0 Å². The average molecular weight is 331 g/mol. The molecular formula is C20H21N5. The Balaban J connectivity index is 1.74. The van der Waals surface area contributed by atoms with E-state index in [1.54, 1.807) is 0 Å². The maximum Gasteiger partial charge on any atom is 0.206 e. The summed E-state index contributed by atoms with van der Waals surface area (Å²) >= 11 is 0. The second-order valence-electron chi connectivity index (χ2n) is 6.64. The Kier molecular flexibility index (Phi) is 4.12. The Morgan fingerprint density at radius 1 is 1.16 bits per heavy atom. The van der Waals surface area contributed by atoms with Crippen molar-refractivity contribution in [2.24, 2.45) is 5.73 Å². The number of nitriles is 1. The summed E-state index contributed by atoms with van der Waals surface area (Å²) < 4.78 is 2.26. The number of piperidine rings is 1. The summed E-state index contributed by atoms with van der Waals surface area (Å²) in [5, 5.41) is 8.98. The molecule has 126 valence electrons. The van der Waals surface area contributed by atoms with E-state index in [2.05, 4.69) is 27.7 Å². The number of rotatable bonds is 3. The first-order chi connectivity index (χ1) is 12.2. The second-order valence-corrected chi connectivity index (χ2v) is 6.64. The second kappa shape index (κ2) is 6.58. The number of anilines is 1. The van der Waals surface area contributed by atoms with Gasteiger partial charge in [0.2, 0.25) is 5.95 Å². The fourth-order valence-electron chi connectivity index (χ4n) is 3.52. The van der Waals surface area contributed by atoms with E-state index in [1.807, 2.05) is 36.4 Å². The van der Waals surface area contributed by atoms with Gasteiger partial charge in [0.25, 0.3) is 0 Å². The Labute approximate surface area is 147 Å². The van der Waals surface area contributed by atoms with Crippen LogP contribution in [0.5, 0.6) is 0 Å². The molecule has 2 aromatic carbocycles.